The first-order chi connectivity index (χ1) is 9.72. The average Bonchev–Trinajstić information content (AvgIpc) is 3.11. The highest BCUT2D eigenvalue weighted by Crippen LogP contribution is 2.27. The average molecular weight is 277 g/mol. The molecule has 0 spiro atoms. The zero-order valence-corrected chi connectivity index (χ0v) is 12.2. The normalized spacial score (nSPS) is 21.6. The van der Waals surface area contributed by atoms with Gasteiger partial charge in [0.15, 0.2) is 5.76 Å². The molecule has 0 bridgehead atoms. The quantitative estimate of drug-likeness (QED) is 0.845. The van der Waals surface area contributed by atoms with Crippen LogP contribution in [0, 0.1) is 12.8 Å². The van der Waals surface area contributed by atoms with Gasteiger partial charge in [-0.25, -0.2) is 0 Å². The molecule has 1 saturated heterocycles. The standard InChI is InChI=1S/C15H23N3O2/c1-12-10-14(20-16-12)11-17-6-8-18(9-7-17)15(19)13-4-2-3-5-13/h10,13H,2-9,11H2,1H3. The smallest absolute Gasteiger partial charge is 0.225 e. The number of nitrogens with zero attached hydrogens (tertiary/aromatic N) is 3. The van der Waals surface area contributed by atoms with E-state index >= 15 is 0 Å². The molecule has 0 radical (unpaired) electrons. The van der Waals surface area contributed by atoms with Gasteiger partial charge < -0.3 is 9.42 Å². The molecule has 1 aliphatic heterocycles. The van der Waals surface area contributed by atoms with Crippen molar-refractivity contribution in [1.82, 2.24) is 15.0 Å². The second-order valence-electron chi connectivity index (χ2n) is 6.02. The Balaban J connectivity index is 1.48. The first kappa shape index (κ1) is 13.6. The van der Waals surface area contributed by atoms with Crippen LogP contribution in [0.3, 0.4) is 0 Å². The lowest BCUT2D eigenvalue weighted by Crippen LogP contribution is -2.49. The summed E-state index contributed by atoms with van der Waals surface area (Å²) >= 11 is 0. The third kappa shape index (κ3) is 3.03. The van der Waals surface area contributed by atoms with E-state index < -0.39 is 0 Å². The topological polar surface area (TPSA) is 49.6 Å². The fraction of sp³-hybridized carbons (Fsp3) is 0.733. The molecule has 1 aromatic heterocycles. The minimum absolute atomic E-state index is 0.304. The lowest BCUT2D eigenvalue weighted by Gasteiger charge is -2.35. The molecule has 20 heavy (non-hydrogen) atoms. The Morgan fingerprint density at radius 1 is 1.30 bits per heavy atom. The molecule has 110 valence electrons. The second kappa shape index (κ2) is 5.95. The number of aryl methyl sites for hydroxylation is 1. The van der Waals surface area contributed by atoms with Crippen molar-refractivity contribution in [3.05, 3.63) is 17.5 Å². The van der Waals surface area contributed by atoms with Crippen LogP contribution >= 0.6 is 0 Å². The van der Waals surface area contributed by atoms with Crippen molar-refractivity contribution in [2.75, 3.05) is 26.2 Å². The molecule has 0 aromatic carbocycles. The first-order valence-corrected chi connectivity index (χ1v) is 7.66. The minimum Gasteiger partial charge on any atom is -0.360 e. The van der Waals surface area contributed by atoms with E-state index in [1.807, 2.05) is 13.0 Å². The molecule has 0 unspecified atom stereocenters. The van der Waals surface area contributed by atoms with Gasteiger partial charge in [-0.1, -0.05) is 18.0 Å². The van der Waals surface area contributed by atoms with E-state index in [0.29, 0.717) is 11.8 Å². The van der Waals surface area contributed by atoms with E-state index in [1.54, 1.807) is 0 Å². The fourth-order valence-electron chi connectivity index (χ4n) is 3.27. The summed E-state index contributed by atoms with van der Waals surface area (Å²) in [5.41, 5.74) is 0.926. The molecule has 5 nitrogen and oxygen atoms in total. The van der Waals surface area contributed by atoms with Crippen molar-refractivity contribution in [3.8, 4) is 0 Å². The number of amides is 1. The monoisotopic (exact) mass is 277 g/mol. The van der Waals surface area contributed by atoms with Crippen LogP contribution in [0.5, 0.6) is 0 Å². The van der Waals surface area contributed by atoms with Crippen LogP contribution in [0.25, 0.3) is 0 Å². The van der Waals surface area contributed by atoms with Crippen LogP contribution in [0.2, 0.25) is 0 Å². The summed E-state index contributed by atoms with van der Waals surface area (Å²) in [6.45, 7) is 6.29. The number of rotatable bonds is 3. The molecule has 1 amide bonds. The molecule has 1 aliphatic carbocycles. The van der Waals surface area contributed by atoms with Crippen molar-refractivity contribution in [1.29, 1.82) is 0 Å². The highest BCUT2D eigenvalue weighted by atomic mass is 16.5. The van der Waals surface area contributed by atoms with Crippen LogP contribution in [0.4, 0.5) is 0 Å². The number of carbonyl (C=O) groups excluding carboxylic acids is 1. The molecular formula is C15H23N3O2. The zero-order valence-electron chi connectivity index (χ0n) is 12.2. The van der Waals surface area contributed by atoms with E-state index in [2.05, 4.69) is 15.0 Å². The van der Waals surface area contributed by atoms with Gasteiger partial charge in [0, 0.05) is 38.2 Å². The molecule has 3 rings (SSSR count). The minimum atomic E-state index is 0.304. The summed E-state index contributed by atoms with van der Waals surface area (Å²) in [6.07, 6.45) is 4.63. The molecule has 2 fully saturated rings. The molecule has 0 atom stereocenters. The van der Waals surface area contributed by atoms with Crippen molar-refractivity contribution >= 4 is 5.91 Å². The molecule has 0 N–H and O–H groups in total. The Bertz CT molecular complexity index is 457. The van der Waals surface area contributed by atoms with Crippen LogP contribution in [0.1, 0.15) is 37.1 Å². The van der Waals surface area contributed by atoms with E-state index in [9.17, 15) is 4.79 Å². The number of hydrogen-bond donors (Lipinski definition) is 0. The molecule has 2 heterocycles. The van der Waals surface area contributed by atoms with Crippen molar-refractivity contribution < 1.29 is 9.32 Å². The Labute approximate surface area is 119 Å². The fourth-order valence-corrected chi connectivity index (χ4v) is 3.27. The second-order valence-corrected chi connectivity index (χ2v) is 6.02. The van der Waals surface area contributed by atoms with Crippen molar-refractivity contribution in [2.45, 2.75) is 39.2 Å². The van der Waals surface area contributed by atoms with Crippen LogP contribution in [-0.2, 0) is 11.3 Å². The summed E-state index contributed by atoms with van der Waals surface area (Å²) in [4.78, 5) is 16.7. The molecule has 1 aromatic rings. The van der Waals surface area contributed by atoms with Gasteiger partial charge in [-0.2, -0.15) is 0 Å². The first-order valence-electron chi connectivity index (χ1n) is 7.66. The van der Waals surface area contributed by atoms with Gasteiger partial charge in [-0.15, -0.1) is 0 Å². The largest absolute Gasteiger partial charge is 0.360 e. The van der Waals surface area contributed by atoms with Gasteiger partial charge >= 0.3 is 0 Å². The summed E-state index contributed by atoms with van der Waals surface area (Å²) in [7, 11) is 0. The van der Waals surface area contributed by atoms with E-state index in [1.165, 1.54) is 12.8 Å². The van der Waals surface area contributed by atoms with Gasteiger partial charge in [-0.05, 0) is 19.8 Å². The summed E-state index contributed by atoms with van der Waals surface area (Å²) in [5.74, 6) is 1.61. The molecule has 5 heteroatoms. The lowest BCUT2D eigenvalue weighted by atomic mass is 10.1. The van der Waals surface area contributed by atoms with Gasteiger partial charge in [0.1, 0.15) is 0 Å². The Kier molecular flexibility index (Phi) is 4.05. The van der Waals surface area contributed by atoms with Gasteiger partial charge in [0.2, 0.25) is 5.91 Å². The maximum Gasteiger partial charge on any atom is 0.225 e. The summed E-state index contributed by atoms with van der Waals surface area (Å²) in [6, 6.07) is 1.98. The van der Waals surface area contributed by atoms with Gasteiger partial charge in [0.25, 0.3) is 0 Å². The summed E-state index contributed by atoms with van der Waals surface area (Å²) < 4.78 is 5.25. The molecule has 2 aliphatic rings. The van der Waals surface area contributed by atoms with Crippen LogP contribution < -0.4 is 0 Å². The number of piperazine rings is 1. The number of hydrogen-bond acceptors (Lipinski definition) is 4. The highest BCUT2D eigenvalue weighted by Gasteiger charge is 2.29. The molecule has 1 saturated carbocycles. The van der Waals surface area contributed by atoms with Gasteiger partial charge in [0.05, 0.1) is 12.2 Å². The lowest BCUT2D eigenvalue weighted by molar-refractivity contribution is -0.137. The third-order valence-electron chi connectivity index (χ3n) is 4.44. The van der Waals surface area contributed by atoms with E-state index in [4.69, 9.17) is 4.52 Å². The Morgan fingerprint density at radius 2 is 2.00 bits per heavy atom. The predicted molar refractivity (Wildman–Crippen MR) is 75.1 cm³/mol. The van der Waals surface area contributed by atoms with E-state index in [0.717, 1.165) is 57.0 Å². The van der Waals surface area contributed by atoms with Crippen LogP contribution in [-0.4, -0.2) is 47.0 Å². The maximum absolute atomic E-state index is 12.3. The van der Waals surface area contributed by atoms with Gasteiger partial charge in [-0.3, -0.25) is 9.69 Å². The van der Waals surface area contributed by atoms with Crippen molar-refractivity contribution in [2.24, 2.45) is 5.92 Å². The highest BCUT2D eigenvalue weighted by molar-refractivity contribution is 5.79. The Morgan fingerprint density at radius 3 is 2.60 bits per heavy atom. The predicted octanol–water partition coefficient (Wildman–Crippen LogP) is 1.82. The summed E-state index contributed by atoms with van der Waals surface area (Å²) in [5, 5.41) is 3.91. The van der Waals surface area contributed by atoms with Crippen LogP contribution in [0.15, 0.2) is 10.6 Å². The zero-order chi connectivity index (χ0) is 13.9. The molecular weight excluding hydrogens is 254 g/mol. The number of aromatic nitrogens is 1. The maximum atomic E-state index is 12.3. The van der Waals surface area contributed by atoms with Crippen molar-refractivity contribution in [3.63, 3.8) is 0 Å². The SMILES string of the molecule is Cc1cc(CN2CCN(C(=O)C3CCCC3)CC2)on1. The third-order valence-corrected chi connectivity index (χ3v) is 4.44. The number of carbonyl (C=O) groups is 1. The van der Waals surface area contributed by atoms with E-state index in [-0.39, 0.29) is 0 Å². The Hall–Kier alpha value is -1.36.